The van der Waals surface area contributed by atoms with Gasteiger partial charge in [0.1, 0.15) is 5.75 Å². The van der Waals surface area contributed by atoms with Gasteiger partial charge in [-0.25, -0.2) is 0 Å². The highest BCUT2D eigenvalue weighted by Gasteiger charge is 2.32. The van der Waals surface area contributed by atoms with Crippen molar-refractivity contribution in [1.29, 1.82) is 0 Å². The van der Waals surface area contributed by atoms with Gasteiger partial charge in [-0.05, 0) is 32.3 Å². The first-order valence-corrected chi connectivity index (χ1v) is 7.28. The molecule has 1 aromatic carbocycles. The molecule has 0 aliphatic heterocycles. The maximum Gasteiger partial charge on any atom is 0.223 e. The summed E-state index contributed by atoms with van der Waals surface area (Å²) in [7, 11) is 1.66. The third kappa shape index (κ3) is 3.97. The van der Waals surface area contributed by atoms with Crippen LogP contribution in [0.3, 0.4) is 0 Å². The second-order valence-corrected chi connectivity index (χ2v) is 5.58. The van der Waals surface area contributed by atoms with Crippen LogP contribution in [-0.2, 0) is 11.3 Å². The Hall–Kier alpha value is -1.55. The van der Waals surface area contributed by atoms with E-state index in [1.165, 1.54) is 0 Å². The van der Waals surface area contributed by atoms with Crippen molar-refractivity contribution in [3.05, 3.63) is 29.8 Å². The molecule has 1 aliphatic carbocycles. The Kier molecular flexibility index (Phi) is 5.01. The summed E-state index contributed by atoms with van der Waals surface area (Å²) in [5.41, 5.74) is 6.81. The van der Waals surface area contributed by atoms with E-state index >= 15 is 0 Å². The monoisotopic (exact) mass is 276 g/mol. The molecule has 1 atom stereocenters. The fourth-order valence-corrected chi connectivity index (χ4v) is 2.32. The predicted molar refractivity (Wildman–Crippen MR) is 79.4 cm³/mol. The summed E-state index contributed by atoms with van der Waals surface area (Å²) < 4.78 is 5.37. The molecule has 2 N–H and O–H groups in total. The molecule has 0 radical (unpaired) electrons. The van der Waals surface area contributed by atoms with Crippen LogP contribution in [0.2, 0.25) is 0 Å². The van der Waals surface area contributed by atoms with Crippen LogP contribution in [0.4, 0.5) is 0 Å². The molecule has 1 unspecified atom stereocenters. The topological polar surface area (TPSA) is 55.6 Å². The lowest BCUT2D eigenvalue weighted by Crippen LogP contribution is -2.33. The summed E-state index contributed by atoms with van der Waals surface area (Å²) in [5.74, 6) is 1.05. The minimum Gasteiger partial charge on any atom is -0.496 e. The first-order valence-electron chi connectivity index (χ1n) is 7.28. The number of benzene rings is 1. The van der Waals surface area contributed by atoms with Gasteiger partial charge in [0, 0.05) is 30.6 Å². The molecule has 1 amide bonds. The summed E-state index contributed by atoms with van der Waals surface area (Å²) in [4.78, 5) is 14.3. The lowest BCUT2D eigenvalue weighted by molar-refractivity contribution is -0.132. The van der Waals surface area contributed by atoms with E-state index in [2.05, 4.69) is 0 Å². The summed E-state index contributed by atoms with van der Waals surface area (Å²) >= 11 is 0. The van der Waals surface area contributed by atoms with Crippen molar-refractivity contribution in [2.24, 2.45) is 5.73 Å². The number of nitrogens with zero attached hydrogens (tertiary/aromatic N) is 1. The molecular formula is C16H24N2O2. The van der Waals surface area contributed by atoms with Crippen LogP contribution in [0.5, 0.6) is 5.75 Å². The van der Waals surface area contributed by atoms with Crippen molar-refractivity contribution >= 4 is 5.91 Å². The third-order valence-corrected chi connectivity index (χ3v) is 3.65. The van der Waals surface area contributed by atoms with Gasteiger partial charge in [-0.3, -0.25) is 4.79 Å². The first-order chi connectivity index (χ1) is 9.61. The van der Waals surface area contributed by atoms with Crippen LogP contribution in [0.15, 0.2) is 24.3 Å². The van der Waals surface area contributed by atoms with Gasteiger partial charge in [-0.1, -0.05) is 18.2 Å². The Bertz CT molecular complexity index is 456. The van der Waals surface area contributed by atoms with Crippen molar-refractivity contribution in [2.45, 2.75) is 51.2 Å². The number of nitrogens with two attached hydrogens (primary N) is 1. The fraction of sp³-hybridized carbons (Fsp3) is 0.562. The molecule has 20 heavy (non-hydrogen) atoms. The number of methoxy groups -OCH3 is 1. The van der Waals surface area contributed by atoms with Crippen molar-refractivity contribution in [3.8, 4) is 5.75 Å². The van der Waals surface area contributed by atoms with E-state index in [-0.39, 0.29) is 11.9 Å². The zero-order valence-electron chi connectivity index (χ0n) is 12.3. The quantitative estimate of drug-likeness (QED) is 0.831. The minimum absolute atomic E-state index is 0.0752. The predicted octanol–water partition coefficient (Wildman–Crippen LogP) is 2.31. The van der Waals surface area contributed by atoms with Crippen LogP contribution < -0.4 is 10.5 Å². The number of carbonyl (C=O) groups excluding carboxylic acids is 1. The van der Waals surface area contributed by atoms with E-state index in [9.17, 15) is 4.79 Å². The van der Waals surface area contributed by atoms with Crippen molar-refractivity contribution in [1.82, 2.24) is 4.90 Å². The van der Waals surface area contributed by atoms with E-state index in [4.69, 9.17) is 10.5 Å². The molecule has 0 spiro atoms. The van der Waals surface area contributed by atoms with Gasteiger partial charge in [-0.2, -0.15) is 0 Å². The summed E-state index contributed by atoms with van der Waals surface area (Å²) in [6, 6.07) is 8.36. The second-order valence-electron chi connectivity index (χ2n) is 5.58. The Labute approximate surface area is 120 Å². The number of carbonyl (C=O) groups is 1. The molecule has 1 aromatic rings. The Morgan fingerprint density at radius 1 is 1.45 bits per heavy atom. The van der Waals surface area contributed by atoms with Crippen LogP contribution in [-0.4, -0.2) is 30.0 Å². The van der Waals surface area contributed by atoms with E-state index in [1.54, 1.807) is 7.11 Å². The molecule has 0 aromatic heterocycles. The van der Waals surface area contributed by atoms with E-state index < -0.39 is 0 Å². The van der Waals surface area contributed by atoms with Gasteiger partial charge in [0.05, 0.1) is 7.11 Å². The number of rotatable bonds is 7. The lowest BCUT2D eigenvalue weighted by Gasteiger charge is -2.24. The Morgan fingerprint density at radius 3 is 2.75 bits per heavy atom. The molecule has 2 rings (SSSR count). The molecule has 4 heteroatoms. The smallest absolute Gasteiger partial charge is 0.223 e. The average Bonchev–Trinajstić information content (AvgIpc) is 3.27. The van der Waals surface area contributed by atoms with Gasteiger partial charge < -0.3 is 15.4 Å². The molecule has 0 saturated heterocycles. The van der Waals surface area contributed by atoms with Crippen LogP contribution in [0, 0.1) is 0 Å². The van der Waals surface area contributed by atoms with Crippen LogP contribution >= 0.6 is 0 Å². The standard InChI is InChI=1S/C16H24N2O2/c1-12(17)7-10-16(19)18(14-8-9-14)11-13-5-3-4-6-15(13)20-2/h3-6,12,14H,7-11,17H2,1-2H3. The number of ether oxygens (including phenoxy) is 1. The average molecular weight is 276 g/mol. The van der Waals surface area contributed by atoms with Crippen LogP contribution in [0.1, 0.15) is 38.2 Å². The Balaban J connectivity index is 2.04. The number of para-hydroxylation sites is 1. The molecular weight excluding hydrogens is 252 g/mol. The second kappa shape index (κ2) is 6.75. The van der Waals surface area contributed by atoms with Gasteiger partial charge in [-0.15, -0.1) is 0 Å². The molecule has 4 nitrogen and oxygen atoms in total. The highest BCUT2D eigenvalue weighted by Crippen LogP contribution is 2.31. The summed E-state index contributed by atoms with van der Waals surface area (Å²) in [5, 5.41) is 0. The highest BCUT2D eigenvalue weighted by atomic mass is 16.5. The normalized spacial score (nSPS) is 15.8. The largest absolute Gasteiger partial charge is 0.496 e. The maximum absolute atomic E-state index is 12.4. The highest BCUT2D eigenvalue weighted by molar-refractivity contribution is 5.77. The fourth-order valence-electron chi connectivity index (χ4n) is 2.32. The SMILES string of the molecule is COc1ccccc1CN(C(=O)CCC(C)N)C1CC1. The van der Waals surface area contributed by atoms with Gasteiger partial charge in [0.15, 0.2) is 0 Å². The zero-order chi connectivity index (χ0) is 14.5. The van der Waals surface area contributed by atoms with E-state index in [1.807, 2.05) is 36.1 Å². The van der Waals surface area contributed by atoms with Crippen molar-refractivity contribution in [2.75, 3.05) is 7.11 Å². The third-order valence-electron chi connectivity index (χ3n) is 3.65. The molecule has 0 heterocycles. The van der Waals surface area contributed by atoms with Crippen LogP contribution in [0.25, 0.3) is 0 Å². The molecule has 1 aliphatic rings. The summed E-state index contributed by atoms with van der Waals surface area (Å²) in [6.45, 7) is 2.57. The van der Waals surface area contributed by atoms with Crippen molar-refractivity contribution < 1.29 is 9.53 Å². The number of hydrogen-bond acceptors (Lipinski definition) is 3. The Morgan fingerprint density at radius 2 is 2.15 bits per heavy atom. The molecule has 1 saturated carbocycles. The zero-order valence-corrected chi connectivity index (χ0v) is 12.3. The molecule has 110 valence electrons. The van der Waals surface area contributed by atoms with Crippen molar-refractivity contribution in [3.63, 3.8) is 0 Å². The summed E-state index contributed by atoms with van der Waals surface area (Å²) in [6.07, 6.45) is 3.50. The van der Waals surface area contributed by atoms with E-state index in [0.717, 1.165) is 30.6 Å². The number of hydrogen-bond donors (Lipinski definition) is 1. The molecule has 0 bridgehead atoms. The minimum atomic E-state index is 0.0752. The van der Waals surface area contributed by atoms with Gasteiger partial charge >= 0.3 is 0 Å². The first kappa shape index (κ1) is 14.9. The van der Waals surface area contributed by atoms with E-state index in [0.29, 0.717) is 19.0 Å². The number of amides is 1. The van der Waals surface area contributed by atoms with Gasteiger partial charge in [0.2, 0.25) is 5.91 Å². The maximum atomic E-state index is 12.4. The van der Waals surface area contributed by atoms with Gasteiger partial charge in [0.25, 0.3) is 0 Å². The molecule has 1 fully saturated rings. The lowest BCUT2D eigenvalue weighted by atomic mass is 10.1.